The van der Waals surface area contributed by atoms with Gasteiger partial charge in [0.25, 0.3) is 0 Å². The van der Waals surface area contributed by atoms with Crippen molar-refractivity contribution in [3.05, 3.63) is 44.7 Å². The Labute approximate surface area is 157 Å². The van der Waals surface area contributed by atoms with E-state index in [0.717, 1.165) is 37.1 Å². The maximum absolute atomic E-state index is 11.7. The minimum absolute atomic E-state index is 0.0558. The molecule has 0 N–H and O–H groups in total. The average molecular weight is 377 g/mol. The third kappa shape index (κ3) is 3.72. The lowest BCUT2D eigenvalue weighted by Crippen LogP contribution is -2.34. The van der Waals surface area contributed by atoms with Crippen LogP contribution in [-0.4, -0.2) is 28.0 Å². The zero-order valence-electron chi connectivity index (χ0n) is 15.0. The van der Waals surface area contributed by atoms with Crippen molar-refractivity contribution in [2.75, 3.05) is 18.0 Å². The Morgan fingerprint density at radius 3 is 2.42 bits per heavy atom. The molecule has 0 atom stereocenters. The van der Waals surface area contributed by atoms with Gasteiger partial charge < -0.3 is 9.64 Å². The van der Waals surface area contributed by atoms with E-state index in [0.29, 0.717) is 22.5 Å². The summed E-state index contributed by atoms with van der Waals surface area (Å²) in [5.41, 5.74) is 1.47. The number of benzene rings is 1. The van der Waals surface area contributed by atoms with Gasteiger partial charge in [-0.15, -0.1) is 0 Å². The van der Waals surface area contributed by atoms with Crippen molar-refractivity contribution in [2.45, 2.75) is 33.6 Å². The molecule has 0 unspecified atom stereocenters. The molecule has 2 aromatic rings. The van der Waals surface area contributed by atoms with Crippen LogP contribution in [0.3, 0.4) is 0 Å². The van der Waals surface area contributed by atoms with Gasteiger partial charge in [-0.2, -0.15) is 4.98 Å². The predicted molar refractivity (Wildman–Crippen MR) is 100 cm³/mol. The topological polar surface area (TPSA) is 81.4 Å². The standard InChI is InChI=1S/C18H21ClN4O3/c1-11-4-6-22(7-5-11)17-16(23(24)25)18(21-10-20-17)26-14-8-12(2)15(19)13(3)9-14/h8-11H,4-7H2,1-3H3. The maximum Gasteiger partial charge on any atom is 0.373 e. The Morgan fingerprint density at radius 1 is 1.23 bits per heavy atom. The normalized spacial score (nSPS) is 15.2. The smallest absolute Gasteiger partial charge is 0.373 e. The minimum Gasteiger partial charge on any atom is -0.434 e. The number of piperidine rings is 1. The summed E-state index contributed by atoms with van der Waals surface area (Å²) in [6.07, 6.45) is 3.27. The lowest BCUT2D eigenvalue weighted by molar-refractivity contribution is -0.385. The summed E-state index contributed by atoms with van der Waals surface area (Å²) < 4.78 is 5.76. The second-order valence-electron chi connectivity index (χ2n) is 6.75. The van der Waals surface area contributed by atoms with E-state index in [1.807, 2.05) is 18.7 Å². The van der Waals surface area contributed by atoms with E-state index in [9.17, 15) is 10.1 Å². The summed E-state index contributed by atoms with van der Waals surface area (Å²) in [5, 5.41) is 12.4. The van der Waals surface area contributed by atoms with E-state index < -0.39 is 4.92 Å². The second kappa shape index (κ2) is 7.45. The van der Waals surface area contributed by atoms with Gasteiger partial charge >= 0.3 is 11.6 Å². The van der Waals surface area contributed by atoms with Crippen molar-refractivity contribution in [3.8, 4) is 11.6 Å². The van der Waals surface area contributed by atoms with Crippen LogP contribution < -0.4 is 9.64 Å². The molecule has 138 valence electrons. The van der Waals surface area contributed by atoms with Crippen LogP contribution in [0.2, 0.25) is 5.02 Å². The molecule has 1 aromatic heterocycles. The first-order valence-electron chi connectivity index (χ1n) is 8.55. The number of hydrogen-bond donors (Lipinski definition) is 0. The van der Waals surface area contributed by atoms with Gasteiger partial charge in [0.05, 0.1) is 4.92 Å². The molecule has 1 aromatic carbocycles. The van der Waals surface area contributed by atoms with Crippen molar-refractivity contribution < 1.29 is 9.66 Å². The molecule has 0 bridgehead atoms. The predicted octanol–water partition coefficient (Wildman–Crippen LogP) is 4.68. The molecule has 0 radical (unpaired) electrons. The second-order valence-corrected chi connectivity index (χ2v) is 7.13. The molecule has 2 heterocycles. The Balaban J connectivity index is 1.97. The fourth-order valence-corrected chi connectivity index (χ4v) is 3.23. The highest BCUT2D eigenvalue weighted by Crippen LogP contribution is 2.38. The van der Waals surface area contributed by atoms with Crippen LogP contribution in [0.25, 0.3) is 0 Å². The van der Waals surface area contributed by atoms with Gasteiger partial charge in [-0.3, -0.25) is 10.1 Å². The molecule has 1 saturated heterocycles. The zero-order chi connectivity index (χ0) is 18.8. The molecule has 8 heteroatoms. The summed E-state index contributed by atoms with van der Waals surface area (Å²) in [7, 11) is 0. The van der Waals surface area contributed by atoms with Gasteiger partial charge in [-0.1, -0.05) is 18.5 Å². The Morgan fingerprint density at radius 2 is 1.85 bits per heavy atom. The van der Waals surface area contributed by atoms with E-state index in [1.54, 1.807) is 12.1 Å². The van der Waals surface area contributed by atoms with Crippen LogP contribution in [-0.2, 0) is 0 Å². The Hall–Kier alpha value is -2.41. The largest absolute Gasteiger partial charge is 0.434 e. The average Bonchev–Trinajstić information content (AvgIpc) is 2.60. The molecular formula is C18H21ClN4O3. The molecule has 1 aliphatic rings. The minimum atomic E-state index is -0.474. The highest BCUT2D eigenvalue weighted by atomic mass is 35.5. The number of rotatable bonds is 4. The molecule has 3 rings (SSSR count). The lowest BCUT2D eigenvalue weighted by atomic mass is 9.99. The van der Waals surface area contributed by atoms with Gasteiger partial charge in [0.1, 0.15) is 12.1 Å². The first-order valence-corrected chi connectivity index (χ1v) is 8.93. The van der Waals surface area contributed by atoms with Gasteiger partial charge in [0.2, 0.25) is 5.82 Å². The lowest BCUT2D eigenvalue weighted by Gasteiger charge is -2.30. The molecule has 0 saturated carbocycles. The van der Waals surface area contributed by atoms with Gasteiger partial charge in [0, 0.05) is 18.1 Å². The summed E-state index contributed by atoms with van der Waals surface area (Å²) in [5.74, 6) is 1.33. The molecule has 1 fully saturated rings. The van der Waals surface area contributed by atoms with E-state index in [-0.39, 0.29) is 11.6 Å². The Bertz CT molecular complexity index is 812. The fraction of sp³-hybridized carbons (Fsp3) is 0.444. The number of nitro groups is 1. The molecule has 0 spiro atoms. The number of aryl methyl sites for hydroxylation is 2. The van der Waals surface area contributed by atoms with Crippen LogP contribution in [0.1, 0.15) is 30.9 Å². The fourth-order valence-electron chi connectivity index (χ4n) is 3.12. The Kier molecular flexibility index (Phi) is 5.27. The molecular weight excluding hydrogens is 356 g/mol. The van der Waals surface area contributed by atoms with Crippen LogP contribution >= 0.6 is 11.6 Å². The molecule has 7 nitrogen and oxygen atoms in total. The van der Waals surface area contributed by atoms with Crippen LogP contribution in [0.4, 0.5) is 11.5 Å². The van der Waals surface area contributed by atoms with Crippen molar-refractivity contribution in [3.63, 3.8) is 0 Å². The first kappa shape index (κ1) is 18.4. The van der Waals surface area contributed by atoms with E-state index >= 15 is 0 Å². The number of halogens is 1. The number of nitrogens with zero attached hydrogens (tertiary/aromatic N) is 4. The number of aromatic nitrogens is 2. The summed E-state index contributed by atoms with van der Waals surface area (Å²) in [6.45, 7) is 7.37. The van der Waals surface area contributed by atoms with Gasteiger partial charge in [-0.25, -0.2) is 4.98 Å². The molecule has 0 aliphatic carbocycles. The summed E-state index contributed by atoms with van der Waals surface area (Å²) in [6, 6.07) is 3.48. The third-order valence-electron chi connectivity index (χ3n) is 4.66. The van der Waals surface area contributed by atoms with Crippen LogP contribution in [0.5, 0.6) is 11.6 Å². The molecule has 0 amide bonds. The highest BCUT2D eigenvalue weighted by Gasteiger charge is 2.30. The van der Waals surface area contributed by atoms with Crippen molar-refractivity contribution in [1.29, 1.82) is 0 Å². The molecule has 1 aliphatic heterocycles. The zero-order valence-corrected chi connectivity index (χ0v) is 15.8. The van der Waals surface area contributed by atoms with E-state index in [4.69, 9.17) is 16.3 Å². The number of anilines is 1. The van der Waals surface area contributed by atoms with Crippen molar-refractivity contribution >= 4 is 23.1 Å². The maximum atomic E-state index is 11.7. The SMILES string of the molecule is Cc1cc(Oc2ncnc(N3CCC(C)CC3)c2[N+](=O)[O-])cc(C)c1Cl. The number of hydrogen-bond acceptors (Lipinski definition) is 6. The van der Waals surface area contributed by atoms with Crippen molar-refractivity contribution in [1.82, 2.24) is 9.97 Å². The summed E-state index contributed by atoms with van der Waals surface area (Å²) in [4.78, 5) is 21.4. The quantitative estimate of drug-likeness (QED) is 0.569. The van der Waals surface area contributed by atoms with Crippen LogP contribution in [0, 0.1) is 29.9 Å². The molecule has 26 heavy (non-hydrogen) atoms. The third-order valence-corrected chi connectivity index (χ3v) is 5.26. The van der Waals surface area contributed by atoms with Crippen LogP contribution in [0.15, 0.2) is 18.5 Å². The van der Waals surface area contributed by atoms with Gasteiger partial charge in [-0.05, 0) is 55.9 Å². The van der Waals surface area contributed by atoms with E-state index in [1.165, 1.54) is 6.33 Å². The van der Waals surface area contributed by atoms with Gasteiger partial charge in [0.15, 0.2) is 0 Å². The number of ether oxygens (including phenoxy) is 1. The first-order chi connectivity index (χ1) is 12.4. The highest BCUT2D eigenvalue weighted by molar-refractivity contribution is 6.32. The monoisotopic (exact) mass is 376 g/mol. The summed E-state index contributed by atoms with van der Waals surface area (Å²) >= 11 is 6.18. The van der Waals surface area contributed by atoms with Crippen molar-refractivity contribution in [2.24, 2.45) is 5.92 Å². The van der Waals surface area contributed by atoms with E-state index in [2.05, 4.69) is 16.9 Å².